The van der Waals surface area contributed by atoms with Crippen LogP contribution < -0.4 is 11.5 Å². The molecule has 0 spiro atoms. The van der Waals surface area contributed by atoms with Crippen LogP contribution in [0.15, 0.2) is 231 Å². The summed E-state index contributed by atoms with van der Waals surface area (Å²) in [6, 6.07) is 86.1. The van der Waals surface area contributed by atoms with Crippen molar-refractivity contribution in [3.05, 3.63) is 275 Å². The highest BCUT2D eigenvalue weighted by atomic mass is 15.0. The smallest absolute Gasteiger partial charge is 0.0541 e. The molecule has 0 amide bonds. The zero-order chi connectivity index (χ0) is 58.7. The van der Waals surface area contributed by atoms with Crippen LogP contribution in [0.25, 0.3) is 133 Å². The number of anilines is 2. The molecular weight excluding hydrogens is 1040 g/mol. The molecule has 0 unspecified atom stereocenters. The van der Waals surface area contributed by atoms with E-state index < -0.39 is 0 Å². The number of nitrogen functional groups attached to an aromatic ring is 2. The standard InChI is InChI=1S/C82H66N4/c1-47-39-57(40-48(2)79(47)83)78-76(55-29-35-62-60-33-27-53(43-68(60)81(5,6)70(62)45-55)51-31-37-74-66(41-51)64-23-15-17-25-72(64)85(74)58-19-11-9-12-20-58)49(3)80(84)50(4)77(78)56-30-36-63-61-34-28-54(44-69(61)82(7,8)71(63)46-56)52-32-38-75-67(42-52)65-24-16-18-26-73(65)86(75)59-21-13-10-14-22-59/h9-46H,83-84H2,1-8H3. The van der Waals surface area contributed by atoms with Crippen molar-refractivity contribution in [3.63, 3.8) is 0 Å². The number of para-hydroxylation sites is 4. The van der Waals surface area contributed by atoms with E-state index in [1.54, 1.807) is 0 Å². The maximum absolute atomic E-state index is 7.47. The third-order valence-corrected chi connectivity index (χ3v) is 19.9. The van der Waals surface area contributed by atoms with Gasteiger partial charge in [0, 0.05) is 55.1 Å². The minimum absolute atomic E-state index is 0.290. The molecule has 0 fully saturated rings. The first kappa shape index (κ1) is 51.5. The van der Waals surface area contributed by atoms with E-state index in [-0.39, 0.29) is 10.8 Å². The van der Waals surface area contributed by atoms with Crippen molar-refractivity contribution in [1.82, 2.24) is 9.13 Å². The summed E-state index contributed by atoms with van der Waals surface area (Å²) in [5.74, 6) is 0. The molecule has 86 heavy (non-hydrogen) atoms. The lowest BCUT2D eigenvalue weighted by molar-refractivity contribution is 0.660. The zero-order valence-corrected chi connectivity index (χ0v) is 50.0. The summed E-state index contributed by atoms with van der Waals surface area (Å²) in [4.78, 5) is 0. The van der Waals surface area contributed by atoms with E-state index in [1.165, 1.54) is 116 Å². The van der Waals surface area contributed by atoms with E-state index in [0.29, 0.717) is 0 Å². The summed E-state index contributed by atoms with van der Waals surface area (Å²) in [6.45, 7) is 18.3. The average Bonchev–Trinajstić information content (AvgIpc) is 1.57. The summed E-state index contributed by atoms with van der Waals surface area (Å²) < 4.78 is 4.77. The predicted octanol–water partition coefficient (Wildman–Crippen LogP) is 21.2. The van der Waals surface area contributed by atoms with Crippen LogP contribution in [0.4, 0.5) is 11.4 Å². The predicted molar refractivity (Wildman–Crippen MR) is 365 cm³/mol. The second kappa shape index (κ2) is 18.7. The summed E-state index contributed by atoms with van der Waals surface area (Å²) in [6.07, 6.45) is 0. The van der Waals surface area contributed by atoms with Gasteiger partial charge in [0.15, 0.2) is 0 Å². The van der Waals surface area contributed by atoms with Gasteiger partial charge in [-0.2, -0.15) is 0 Å². The van der Waals surface area contributed by atoms with E-state index >= 15 is 0 Å². The van der Waals surface area contributed by atoms with Gasteiger partial charge in [-0.25, -0.2) is 0 Å². The minimum Gasteiger partial charge on any atom is -0.398 e. The van der Waals surface area contributed by atoms with Gasteiger partial charge in [-0.05, 0) is 247 Å². The van der Waals surface area contributed by atoms with E-state index in [9.17, 15) is 0 Å². The molecule has 4 nitrogen and oxygen atoms in total. The molecule has 0 aliphatic heterocycles. The third kappa shape index (κ3) is 7.42. The minimum atomic E-state index is -0.290. The fourth-order valence-corrected chi connectivity index (χ4v) is 15.3. The lowest BCUT2D eigenvalue weighted by Crippen LogP contribution is -2.15. The number of hydrogen-bond acceptors (Lipinski definition) is 2. The highest BCUT2D eigenvalue weighted by molar-refractivity contribution is 6.12. The molecular formula is C82H66N4. The molecule has 2 aromatic heterocycles. The molecule has 2 heterocycles. The van der Waals surface area contributed by atoms with Crippen molar-refractivity contribution >= 4 is 55.0 Å². The molecule has 414 valence electrons. The van der Waals surface area contributed by atoms with Crippen molar-refractivity contribution in [2.75, 3.05) is 11.5 Å². The Kier molecular flexibility index (Phi) is 11.2. The summed E-state index contributed by atoms with van der Waals surface area (Å²) in [5.41, 5.74) is 49.0. The molecule has 0 saturated heterocycles. The number of fused-ring (bicyclic) bond motifs is 12. The molecule has 12 aromatic carbocycles. The van der Waals surface area contributed by atoms with Crippen LogP contribution in [0.5, 0.6) is 0 Å². The van der Waals surface area contributed by atoms with Crippen molar-refractivity contribution in [1.29, 1.82) is 0 Å². The Hall–Kier alpha value is -10.2. The van der Waals surface area contributed by atoms with E-state index in [4.69, 9.17) is 11.5 Å². The Morgan fingerprint density at radius 1 is 0.279 bits per heavy atom. The van der Waals surface area contributed by atoms with Crippen molar-refractivity contribution < 1.29 is 0 Å². The number of nitrogens with two attached hydrogens (primary N) is 2. The SMILES string of the molecule is Cc1cc(-c2c(-c3ccc4c(c3)C(C)(C)c3cc(-c5ccc6c(c5)c5ccccc5n6-c5ccccc5)ccc3-4)c(C)c(N)c(C)c2-c2ccc3c(c2)C(C)(C)c2cc(-c4ccc5c(c4)c4ccccc4n5-c4ccccc4)ccc2-3)cc(C)c1N. The molecule has 0 bridgehead atoms. The number of aromatic nitrogens is 2. The molecule has 0 radical (unpaired) electrons. The maximum atomic E-state index is 7.47. The van der Waals surface area contributed by atoms with Crippen molar-refractivity contribution in [3.8, 4) is 89.3 Å². The first-order chi connectivity index (χ1) is 41.6. The second-order valence-electron chi connectivity index (χ2n) is 25.4. The Morgan fingerprint density at radius 2 is 0.605 bits per heavy atom. The number of nitrogens with zero attached hydrogens (tertiary/aromatic N) is 2. The molecule has 0 saturated carbocycles. The normalized spacial score (nSPS) is 13.6. The van der Waals surface area contributed by atoms with Crippen LogP contribution in [-0.2, 0) is 10.8 Å². The molecule has 4 heteroatoms. The van der Waals surface area contributed by atoms with Crippen LogP contribution in [0.1, 0.15) is 72.2 Å². The van der Waals surface area contributed by atoms with Crippen LogP contribution in [-0.4, -0.2) is 9.13 Å². The Balaban J connectivity index is 0.799. The van der Waals surface area contributed by atoms with Crippen LogP contribution >= 0.6 is 0 Å². The molecule has 14 aromatic rings. The quantitative estimate of drug-likeness (QED) is 0.156. The van der Waals surface area contributed by atoms with Gasteiger partial charge >= 0.3 is 0 Å². The highest BCUT2D eigenvalue weighted by Gasteiger charge is 2.39. The molecule has 16 rings (SSSR count). The van der Waals surface area contributed by atoms with E-state index in [1.807, 2.05) is 0 Å². The van der Waals surface area contributed by atoms with E-state index in [2.05, 4.69) is 295 Å². The fourth-order valence-electron chi connectivity index (χ4n) is 15.3. The number of rotatable bonds is 7. The van der Waals surface area contributed by atoms with Gasteiger partial charge in [0.2, 0.25) is 0 Å². The van der Waals surface area contributed by atoms with Gasteiger partial charge in [-0.15, -0.1) is 0 Å². The molecule has 4 N–H and O–H groups in total. The average molecular weight is 1110 g/mol. The number of aryl methyl sites for hydroxylation is 2. The highest BCUT2D eigenvalue weighted by Crippen LogP contribution is 2.56. The topological polar surface area (TPSA) is 61.9 Å². The van der Waals surface area contributed by atoms with Gasteiger partial charge < -0.3 is 20.6 Å². The zero-order valence-electron chi connectivity index (χ0n) is 50.0. The largest absolute Gasteiger partial charge is 0.398 e. The first-order valence-electron chi connectivity index (χ1n) is 30.2. The monoisotopic (exact) mass is 1110 g/mol. The molecule has 0 atom stereocenters. The van der Waals surface area contributed by atoms with Gasteiger partial charge in [-0.1, -0.05) is 161 Å². The second-order valence-corrected chi connectivity index (χ2v) is 25.4. The van der Waals surface area contributed by atoms with E-state index in [0.717, 1.165) is 72.8 Å². The Bertz CT molecular complexity index is 4900. The lowest BCUT2D eigenvalue weighted by Gasteiger charge is -2.27. The number of hydrogen-bond donors (Lipinski definition) is 2. The molecule has 2 aliphatic carbocycles. The number of benzene rings is 12. The van der Waals surface area contributed by atoms with Gasteiger partial charge in [0.25, 0.3) is 0 Å². The summed E-state index contributed by atoms with van der Waals surface area (Å²) >= 11 is 0. The third-order valence-electron chi connectivity index (χ3n) is 19.9. The van der Waals surface area contributed by atoms with Gasteiger partial charge in [0.1, 0.15) is 0 Å². The maximum Gasteiger partial charge on any atom is 0.0541 e. The lowest BCUT2D eigenvalue weighted by atomic mass is 9.77. The summed E-state index contributed by atoms with van der Waals surface area (Å²) in [5, 5.41) is 5.01. The first-order valence-corrected chi connectivity index (χ1v) is 30.2. The van der Waals surface area contributed by atoms with Crippen LogP contribution in [0.3, 0.4) is 0 Å². The van der Waals surface area contributed by atoms with Gasteiger partial charge in [-0.3, -0.25) is 0 Å². The Labute approximate surface area is 503 Å². The molecule has 2 aliphatic rings. The Morgan fingerprint density at radius 3 is 1.01 bits per heavy atom. The van der Waals surface area contributed by atoms with Crippen LogP contribution in [0.2, 0.25) is 0 Å². The fraction of sp³-hybridized carbons (Fsp3) is 0.122. The van der Waals surface area contributed by atoms with Gasteiger partial charge in [0.05, 0.1) is 22.1 Å². The van der Waals surface area contributed by atoms with Crippen molar-refractivity contribution in [2.24, 2.45) is 0 Å². The van der Waals surface area contributed by atoms with Crippen molar-refractivity contribution in [2.45, 2.75) is 66.2 Å². The summed E-state index contributed by atoms with van der Waals surface area (Å²) in [7, 11) is 0. The van der Waals surface area contributed by atoms with Crippen LogP contribution in [0, 0.1) is 27.7 Å².